The summed E-state index contributed by atoms with van der Waals surface area (Å²) in [7, 11) is 7.73. The average molecular weight is 1100 g/mol. The zero-order chi connectivity index (χ0) is 58.3. The van der Waals surface area contributed by atoms with E-state index in [1.807, 2.05) is 84.9 Å². The van der Waals surface area contributed by atoms with Crippen LogP contribution in [-0.4, -0.2) is 68.8 Å². The van der Waals surface area contributed by atoms with Crippen LogP contribution in [0.3, 0.4) is 0 Å². The van der Waals surface area contributed by atoms with Gasteiger partial charge in [-0.25, -0.2) is 0 Å². The zero-order valence-electron chi connectivity index (χ0n) is 47.4. The third-order valence-corrected chi connectivity index (χ3v) is 14.1. The summed E-state index contributed by atoms with van der Waals surface area (Å²) in [5, 5.41) is 27.8. The third-order valence-electron chi connectivity index (χ3n) is 14.1. The molecule has 0 bridgehead atoms. The number of hydrogen-bond donors (Lipinski definition) is 3. The minimum Gasteiger partial charge on any atom is -0.508 e. The molecule has 6 aromatic carbocycles. The molecule has 0 fully saturated rings. The van der Waals surface area contributed by atoms with E-state index in [0.717, 1.165) is 89.5 Å². The second-order valence-electron chi connectivity index (χ2n) is 19.3. The molecule has 81 heavy (non-hydrogen) atoms. The van der Waals surface area contributed by atoms with Crippen LogP contribution in [0.2, 0.25) is 0 Å². The van der Waals surface area contributed by atoms with Crippen LogP contribution < -0.4 is 23.7 Å². The number of carbonyl (C=O) groups is 3. The molecule has 0 saturated carbocycles. The van der Waals surface area contributed by atoms with Gasteiger partial charge in [0, 0.05) is 0 Å². The van der Waals surface area contributed by atoms with Gasteiger partial charge in [-0.3, -0.25) is 14.4 Å². The number of esters is 2. The Hall–Kier alpha value is -8.83. The molecular formula is C68H72O13. The molecule has 6 atom stereocenters. The number of rotatable bonds is 16. The molecule has 0 aromatic heterocycles. The second kappa shape index (κ2) is 31.1. The maximum atomic E-state index is 11.6. The van der Waals surface area contributed by atoms with Crippen LogP contribution in [0.5, 0.6) is 34.5 Å². The number of aliphatic hydroxyl groups is 1. The van der Waals surface area contributed by atoms with Gasteiger partial charge in [-0.2, -0.15) is 0 Å². The second-order valence-corrected chi connectivity index (χ2v) is 19.3. The number of aryl methyl sites for hydroxylation is 3. The lowest BCUT2D eigenvalue weighted by Gasteiger charge is -2.17. The van der Waals surface area contributed by atoms with Gasteiger partial charge in [-0.1, -0.05) is 72.4 Å². The summed E-state index contributed by atoms with van der Waals surface area (Å²) in [5.41, 5.74) is 10.0. The highest BCUT2D eigenvalue weighted by Crippen LogP contribution is 2.39. The van der Waals surface area contributed by atoms with E-state index in [1.165, 1.54) is 42.0 Å². The number of carboxylic acids is 1. The van der Waals surface area contributed by atoms with Crippen LogP contribution in [0.25, 0.3) is 0 Å². The van der Waals surface area contributed by atoms with Crippen molar-refractivity contribution in [1.82, 2.24) is 0 Å². The van der Waals surface area contributed by atoms with Gasteiger partial charge in [-0.15, -0.1) is 17.8 Å². The minimum atomic E-state index is -0.852. The van der Waals surface area contributed by atoms with Crippen molar-refractivity contribution in [2.75, 3.05) is 35.5 Å². The first-order valence-corrected chi connectivity index (χ1v) is 26.9. The number of carbonyl (C=O) groups excluding carboxylic acids is 2. The first-order valence-electron chi connectivity index (χ1n) is 26.9. The van der Waals surface area contributed by atoms with Crippen molar-refractivity contribution < 1.29 is 62.9 Å². The first-order chi connectivity index (χ1) is 39.2. The quantitative estimate of drug-likeness (QED) is 0.0617. The standard InChI is InChI=1S/C23H24O4.C22H22O4.C13H14O3.C10H12O2/c1-4-5-18(14-23(24)26-3)16-6-10-19(11-7-16)27-22-13-9-17-8-12-20(25-2)15-21(17)22;1-3-4-17(13-22(23)24)15-5-9-18(10-6-15)26-21-12-8-16-7-11-19(25-2)14-20(16)21;1-3-4-11(9-13(15)16-2)10-5-7-12(14)8-6-10;1-12-8-4-2-7-3-5-10(11)9(7)6-8/h6-8,10-12,15,18,22H,9,13-14H2,1-3H3;5-7,9-11,14,17,21H,8,12-13H2,1-2H3,(H,23,24);5-8,11,14H,9H2,1-2H3;2,4,6,10-11H,3,5H2,1H3/t18-,22?;17-,21?;11-;/m000./s1. The Morgan fingerprint density at radius 3 is 1.16 bits per heavy atom. The molecule has 3 N–H and O–H groups in total. The summed E-state index contributed by atoms with van der Waals surface area (Å²) in [4.78, 5) is 33.8. The van der Waals surface area contributed by atoms with Crippen LogP contribution in [0.15, 0.2) is 127 Å². The summed E-state index contributed by atoms with van der Waals surface area (Å²) in [6.45, 7) is 5.22. The van der Waals surface area contributed by atoms with E-state index in [2.05, 4.69) is 58.5 Å². The van der Waals surface area contributed by atoms with Crippen molar-refractivity contribution in [1.29, 1.82) is 0 Å². The Morgan fingerprint density at radius 1 is 0.469 bits per heavy atom. The number of ether oxygens (including phenoxy) is 7. The summed E-state index contributed by atoms with van der Waals surface area (Å²) in [6.07, 6.45) is 5.96. The molecule has 0 radical (unpaired) electrons. The Labute approximate surface area is 476 Å². The third kappa shape index (κ3) is 17.8. The Balaban J connectivity index is 0.000000182. The largest absolute Gasteiger partial charge is 0.508 e. The predicted molar refractivity (Wildman–Crippen MR) is 311 cm³/mol. The summed E-state index contributed by atoms with van der Waals surface area (Å²) in [6, 6.07) is 40.2. The van der Waals surface area contributed by atoms with Crippen molar-refractivity contribution in [3.8, 4) is 70.0 Å². The van der Waals surface area contributed by atoms with E-state index < -0.39 is 5.97 Å². The van der Waals surface area contributed by atoms with E-state index in [0.29, 0.717) is 0 Å². The molecular weight excluding hydrogens is 1020 g/mol. The van der Waals surface area contributed by atoms with Crippen molar-refractivity contribution in [2.24, 2.45) is 0 Å². The monoisotopic (exact) mass is 1100 g/mol. The lowest BCUT2D eigenvalue weighted by molar-refractivity contribution is -0.141. The number of benzene rings is 6. The highest BCUT2D eigenvalue weighted by Gasteiger charge is 2.27. The lowest BCUT2D eigenvalue weighted by atomic mass is 9.96. The van der Waals surface area contributed by atoms with Gasteiger partial charge >= 0.3 is 17.9 Å². The van der Waals surface area contributed by atoms with Crippen LogP contribution in [0.1, 0.15) is 145 Å². The first kappa shape index (κ1) is 61.4. The molecule has 6 aromatic rings. The molecule has 9 rings (SSSR count). The van der Waals surface area contributed by atoms with E-state index in [9.17, 15) is 19.5 Å². The fourth-order valence-corrected chi connectivity index (χ4v) is 9.82. The topological polar surface area (TPSA) is 177 Å². The molecule has 13 nitrogen and oxygen atoms in total. The number of aliphatic hydroxyl groups excluding tert-OH is 1. The van der Waals surface area contributed by atoms with Gasteiger partial charge in [0.05, 0.1) is 78.7 Å². The molecule has 3 aliphatic carbocycles. The maximum absolute atomic E-state index is 11.6. The Kier molecular flexibility index (Phi) is 23.6. The van der Waals surface area contributed by atoms with Gasteiger partial charge in [0.1, 0.15) is 46.7 Å². The number of methoxy groups -OCH3 is 5. The van der Waals surface area contributed by atoms with Gasteiger partial charge in [-0.05, 0) is 182 Å². The van der Waals surface area contributed by atoms with Crippen molar-refractivity contribution >= 4 is 17.9 Å². The molecule has 3 aliphatic rings. The van der Waals surface area contributed by atoms with Crippen LogP contribution in [0.4, 0.5) is 0 Å². The fraction of sp³-hybridized carbons (Fsp3) is 0.338. The smallest absolute Gasteiger partial charge is 0.307 e. The summed E-state index contributed by atoms with van der Waals surface area (Å²) in [5.74, 6) is 19.7. The van der Waals surface area contributed by atoms with Gasteiger partial charge in [0.25, 0.3) is 0 Å². The van der Waals surface area contributed by atoms with E-state index >= 15 is 0 Å². The molecule has 3 unspecified atom stereocenters. The molecule has 0 spiro atoms. The van der Waals surface area contributed by atoms with E-state index in [4.69, 9.17) is 38.6 Å². The lowest BCUT2D eigenvalue weighted by Crippen LogP contribution is -2.08. The predicted octanol–water partition coefficient (Wildman–Crippen LogP) is 12.5. The van der Waals surface area contributed by atoms with Crippen molar-refractivity contribution in [3.05, 3.63) is 177 Å². The number of phenolic OH excluding ortho intramolecular Hbond substituents is 1. The van der Waals surface area contributed by atoms with Gasteiger partial charge in [0.15, 0.2) is 0 Å². The molecule has 0 aliphatic heterocycles. The van der Waals surface area contributed by atoms with Crippen LogP contribution in [0, 0.1) is 35.5 Å². The molecule has 0 saturated heterocycles. The zero-order valence-corrected chi connectivity index (χ0v) is 47.4. The number of aromatic hydroxyl groups is 1. The molecule has 422 valence electrons. The highest BCUT2D eigenvalue weighted by atomic mass is 16.5. The highest BCUT2D eigenvalue weighted by molar-refractivity contribution is 5.72. The SMILES string of the molecule is CC#C[C@@H](CC(=O)O)c1ccc(OC2CCc3ccc(OC)cc32)cc1.CC#C[C@@H](CC(=O)OC)c1ccc(O)cc1.CC#C[C@@H](CC(=O)OC)c1ccc(OC2CCc3ccc(OC)cc32)cc1.COc1ccc2c(c1)C(O)CC2. The van der Waals surface area contributed by atoms with Gasteiger partial charge in [0.2, 0.25) is 0 Å². The number of carboxylic acid groups (broad SMARTS) is 1. The Bertz CT molecular complexity index is 3240. The molecule has 0 amide bonds. The maximum Gasteiger partial charge on any atom is 0.307 e. The van der Waals surface area contributed by atoms with Gasteiger partial charge < -0.3 is 48.5 Å². The Morgan fingerprint density at radius 2 is 0.802 bits per heavy atom. The summed E-state index contributed by atoms with van der Waals surface area (Å²) >= 11 is 0. The van der Waals surface area contributed by atoms with Crippen molar-refractivity contribution in [2.45, 2.75) is 115 Å². The van der Waals surface area contributed by atoms with Crippen LogP contribution >= 0.6 is 0 Å². The normalized spacial score (nSPS) is 15.7. The van der Waals surface area contributed by atoms with E-state index in [1.54, 1.807) is 66.4 Å². The fourth-order valence-electron chi connectivity index (χ4n) is 9.82. The number of fused-ring (bicyclic) bond motifs is 3. The molecule has 13 heteroatoms. The average Bonchev–Trinajstić information content (AvgIpc) is 4.23. The van der Waals surface area contributed by atoms with Crippen LogP contribution in [-0.2, 0) is 43.1 Å². The molecule has 0 heterocycles. The summed E-state index contributed by atoms with van der Waals surface area (Å²) < 4.78 is 37.5. The number of hydrogen-bond acceptors (Lipinski definition) is 12. The number of aliphatic carboxylic acids is 1. The minimum absolute atomic E-state index is 0.00314. The number of phenols is 1. The van der Waals surface area contributed by atoms with Crippen molar-refractivity contribution in [3.63, 3.8) is 0 Å². The van der Waals surface area contributed by atoms with E-state index in [-0.39, 0.29) is 73.0 Å².